The molecule has 0 radical (unpaired) electrons. The molecule has 5 nitrogen and oxygen atoms in total. The molecule has 0 bridgehead atoms. The topological polar surface area (TPSA) is 62.4 Å². The molecule has 0 N–H and O–H groups in total. The summed E-state index contributed by atoms with van der Waals surface area (Å²) in [6.45, 7) is 0. The monoisotopic (exact) mass is 623 g/mol. The fraction of sp³-hybridized carbons (Fsp3) is 0. The molecule has 0 fully saturated rings. The Morgan fingerprint density at radius 1 is 0.347 bits per heavy atom. The van der Waals surface area contributed by atoms with Gasteiger partial charge in [-0.3, -0.25) is 0 Å². The lowest BCUT2D eigenvalue weighted by Crippen LogP contribution is -1.97. The third-order valence-corrected chi connectivity index (χ3v) is 9.89. The van der Waals surface area contributed by atoms with Crippen molar-refractivity contribution in [1.82, 2.24) is 13.7 Å². The van der Waals surface area contributed by atoms with Crippen LogP contribution in [0.25, 0.3) is 82.5 Å². The van der Waals surface area contributed by atoms with E-state index < -0.39 is 0 Å². The summed E-state index contributed by atoms with van der Waals surface area (Å²) in [4.78, 5) is 0. The normalized spacial score (nSPS) is 11.6. The molecule has 0 aliphatic heterocycles. The van der Waals surface area contributed by atoms with E-state index >= 15 is 0 Å². The first kappa shape index (κ1) is 27.1. The summed E-state index contributed by atoms with van der Waals surface area (Å²) < 4.78 is 6.87. The highest BCUT2D eigenvalue weighted by atomic mass is 15.0. The first-order valence-electron chi connectivity index (χ1n) is 16.3. The largest absolute Gasteiger partial charge is 0.308 e. The lowest BCUT2D eigenvalue weighted by atomic mass is 10.1. The van der Waals surface area contributed by atoms with Gasteiger partial charge in [0.2, 0.25) is 0 Å². The summed E-state index contributed by atoms with van der Waals surface area (Å²) in [5.74, 6) is 0. The van der Waals surface area contributed by atoms with Gasteiger partial charge in [0.15, 0.2) is 0 Å². The van der Waals surface area contributed by atoms with Crippen LogP contribution in [0, 0.1) is 22.7 Å². The first-order chi connectivity index (χ1) is 24.3. The number of nitrogens with zero attached hydrogens (tertiary/aromatic N) is 5. The third kappa shape index (κ3) is 3.62. The number of fused-ring (bicyclic) bond motifs is 11. The van der Waals surface area contributed by atoms with E-state index in [2.05, 4.69) is 117 Å². The molecule has 0 unspecified atom stereocenters. The van der Waals surface area contributed by atoms with Gasteiger partial charge in [0.05, 0.1) is 49.9 Å². The highest BCUT2D eigenvalue weighted by Crippen LogP contribution is 2.46. The fourth-order valence-corrected chi connectivity index (χ4v) is 7.99. The highest BCUT2D eigenvalue weighted by molar-refractivity contribution is 6.31. The molecule has 3 aromatic heterocycles. The minimum absolute atomic E-state index is 0.623. The molecule has 10 rings (SSSR count). The van der Waals surface area contributed by atoms with E-state index in [9.17, 15) is 10.5 Å². The van der Waals surface area contributed by atoms with Crippen molar-refractivity contribution in [3.05, 3.63) is 163 Å². The second kappa shape index (κ2) is 10.2. The van der Waals surface area contributed by atoms with Crippen LogP contribution in [0.5, 0.6) is 0 Å². The molecule has 0 aliphatic carbocycles. The van der Waals surface area contributed by atoms with Crippen molar-refractivity contribution in [3.8, 4) is 29.2 Å². The van der Waals surface area contributed by atoms with E-state index in [1.165, 1.54) is 0 Å². The van der Waals surface area contributed by atoms with E-state index in [1.807, 2.05) is 60.7 Å². The maximum absolute atomic E-state index is 10.4. The van der Waals surface area contributed by atoms with Crippen molar-refractivity contribution < 1.29 is 0 Å². The number of aromatic nitrogens is 3. The first-order valence-corrected chi connectivity index (χ1v) is 16.3. The number of para-hydroxylation sites is 5. The zero-order valence-corrected chi connectivity index (χ0v) is 26.2. The van der Waals surface area contributed by atoms with Gasteiger partial charge in [-0.15, -0.1) is 0 Å². The SMILES string of the molecule is N#Cc1ccccc1-n1c2ccccc2c2c1ccc1c3ccc4c(c5cccc(C#N)c5n4-c4ccccc4)c3n(-c3ccccc3)c12. The average molecular weight is 624 g/mol. The molecule has 10 aromatic rings. The lowest BCUT2D eigenvalue weighted by Gasteiger charge is -2.11. The highest BCUT2D eigenvalue weighted by Gasteiger charge is 2.25. The van der Waals surface area contributed by atoms with Gasteiger partial charge in [0, 0.05) is 43.7 Å². The molecular weight excluding hydrogens is 599 g/mol. The predicted octanol–water partition coefficient (Wildman–Crippen LogP) is 10.7. The molecule has 5 heteroatoms. The standard InChI is InChI=1S/C44H25N5/c45-26-28-12-7-9-20-36(28)49-37-21-10-8-18-34(37)40-39(49)25-23-32-33-22-24-38-41(44(33)48(43(32)40)31-16-5-2-6-17-31)35-19-11-13-29(27-46)42(35)47(38)30-14-3-1-4-15-30/h1-25H. The minimum Gasteiger partial charge on any atom is -0.308 e. The number of hydrogen-bond donors (Lipinski definition) is 0. The second-order valence-corrected chi connectivity index (χ2v) is 12.3. The van der Waals surface area contributed by atoms with E-state index in [0.29, 0.717) is 11.1 Å². The lowest BCUT2D eigenvalue weighted by molar-refractivity contribution is 1.16. The van der Waals surface area contributed by atoms with Crippen molar-refractivity contribution in [3.63, 3.8) is 0 Å². The van der Waals surface area contributed by atoms with Gasteiger partial charge < -0.3 is 13.7 Å². The Labute approximate surface area is 280 Å². The Balaban J connectivity index is 1.49. The van der Waals surface area contributed by atoms with Crippen LogP contribution in [-0.2, 0) is 0 Å². The fourth-order valence-electron chi connectivity index (χ4n) is 7.99. The number of benzene rings is 7. The van der Waals surface area contributed by atoms with Gasteiger partial charge in [-0.25, -0.2) is 0 Å². The maximum atomic E-state index is 10.4. The van der Waals surface area contributed by atoms with Crippen molar-refractivity contribution in [2.45, 2.75) is 0 Å². The molecule has 0 spiro atoms. The summed E-state index contributed by atoms with van der Waals surface area (Å²) >= 11 is 0. The van der Waals surface area contributed by atoms with Gasteiger partial charge in [0.1, 0.15) is 12.1 Å². The van der Waals surface area contributed by atoms with E-state index in [0.717, 1.165) is 82.5 Å². The van der Waals surface area contributed by atoms with Crippen LogP contribution in [0.4, 0.5) is 0 Å². The second-order valence-electron chi connectivity index (χ2n) is 12.3. The molecule has 0 saturated carbocycles. The van der Waals surface area contributed by atoms with Gasteiger partial charge >= 0.3 is 0 Å². The molecule has 7 aromatic carbocycles. The molecule has 0 aliphatic rings. The molecule has 49 heavy (non-hydrogen) atoms. The van der Waals surface area contributed by atoms with Crippen molar-refractivity contribution in [2.75, 3.05) is 0 Å². The van der Waals surface area contributed by atoms with Crippen LogP contribution in [-0.4, -0.2) is 13.7 Å². The molecule has 0 atom stereocenters. The summed E-state index contributed by atoms with van der Waals surface area (Å²) in [7, 11) is 0. The number of rotatable bonds is 3. The van der Waals surface area contributed by atoms with Crippen LogP contribution in [0.15, 0.2) is 152 Å². The molecule has 0 amide bonds. The van der Waals surface area contributed by atoms with Crippen LogP contribution in [0.1, 0.15) is 11.1 Å². The van der Waals surface area contributed by atoms with Crippen LogP contribution >= 0.6 is 0 Å². The Bertz CT molecular complexity index is 3050. The van der Waals surface area contributed by atoms with Gasteiger partial charge in [0.25, 0.3) is 0 Å². The van der Waals surface area contributed by atoms with Crippen LogP contribution < -0.4 is 0 Å². The third-order valence-electron chi connectivity index (χ3n) is 9.89. The Hall–Kier alpha value is -7.08. The van der Waals surface area contributed by atoms with Crippen LogP contribution in [0.2, 0.25) is 0 Å². The smallest absolute Gasteiger partial charge is 0.101 e. The van der Waals surface area contributed by atoms with Crippen molar-refractivity contribution >= 4 is 65.4 Å². The molecule has 226 valence electrons. The summed E-state index contributed by atoms with van der Waals surface area (Å²) in [6.07, 6.45) is 0. The van der Waals surface area contributed by atoms with Gasteiger partial charge in [-0.1, -0.05) is 91.0 Å². The Morgan fingerprint density at radius 3 is 1.57 bits per heavy atom. The van der Waals surface area contributed by atoms with E-state index in [-0.39, 0.29) is 0 Å². The number of nitriles is 2. The predicted molar refractivity (Wildman–Crippen MR) is 199 cm³/mol. The molecule has 0 saturated heterocycles. The Kier molecular flexibility index (Phi) is 5.64. The summed E-state index contributed by atoms with van der Waals surface area (Å²) in [6, 6.07) is 56.9. The molecule has 3 heterocycles. The zero-order valence-electron chi connectivity index (χ0n) is 26.2. The van der Waals surface area contributed by atoms with Crippen LogP contribution in [0.3, 0.4) is 0 Å². The zero-order chi connectivity index (χ0) is 32.6. The average Bonchev–Trinajstić information content (AvgIpc) is 3.81. The van der Waals surface area contributed by atoms with Crippen molar-refractivity contribution in [1.29, 1.82) is 10.5 Å². The minimum atomic E-state index is 0.623. The van der Waals surface area contributed by atoms with E-state index in [4.69, 9.17) is 0 Å². The van der Waals surface area contributed by atoms with Gasteiger partial charge in [-0.05, 0) is 60.7 Å². The Morgan fingerprint density at radius 2 is 0.878 bits per heavy atom. The maximum Gasteiger partial charge on any atom is 0.101 e. The quantitative estimate of drug-likeness (QED) is 0.197. The van der Waals surface area contributed by atoms with E-state index in [1.54, 1.807) is 0 Å². The summed E-state index contributed by atoms with van der Waals surface area (Å²) in [5, 5.41) is 27.1. The number of hydrogen-bond acceptors (Lipinski definition) is 2. The summed E-state index contributed by atoms with van der Waals surface area (Å²) in [5.41, 5.74) is 10.4. The van der Waals surface area contributed by atoms with Gasteiger partial charge in [-0.2, -0.15) is 10.5 Å². The van der Waals surface area contributed by atoms with Crippen molar-refractivity contribution in [2.24, 2.45) is 0 Å². The molecular formula is C44H25N5.